The van der Waals surface area contributed by atoms with Crippen LogP contribution >= 0.6 is 11.6 Å². The van der Waals surface area contributed by atoms with Crippen LogP contribution in [0.2, 0.25) is 0 Å². The van der Waals surface area contributed by atoms with Crippen molar-refractivity contribution in [2.75, 3.05) is 17.7 Å². The van der Waals surface area contributed by atoms with E-state index in [1.807, 2.05) is 32.0 Å². The summed E-state index contributed by atoms with van der Waals surface area (Å²) in [6.45, 7) is 4.58. The van der Waals surface area contributed by atoms with Gasteiger partial charge in [-0.1, -0.05) is 18.2 Å². The van der Waals surface area contributed by atoms with Gasteiger partial charge in [0.05, 0.1) is 12.0 Å². The van der Waals surface area contributed by atoms with Gasteiger partial charge in [0.15, 0.2) is 0 Å². The summed E-state index contributed by atoms with van der Waals surface area (Å²) in [6.07, 6.45) is -0.490. The smallest absolute Gasteiger partial charge is 0.0847 e. The molecule has 0 saturated heterocycles. The Morgan fingerprint density at radius 3 is 2.43 bits per heavy atom. The molecule has 0 heterocycles. The summed E-state index contributed by atoms with van der Waals surface area (Å²) in [4.78, 5) is 0. The van der Waals surface area contributed by atoms with Crippen molar-refractivity contribution < 1.29 is 5.11 Å². The number of halogens is 1. The molecule has 78 valence electrons. The maximum Gasteiger partial charge on any atom is 0.0847 e. The lowest BCUT2D eigenvalue weighted by Crippen LogP contribution is -2.21. The largest absolute Gasteiger partial charge is 0.390 e. The Kier molecular flexibility index (Phi) is 4.23. The Hall–Kier alpha value is -0.730. The molecule has 0 bridgehead atoms. The molecule has 2 nitrogen and oxygen atoms in total. The molecule has 14 heavy (non-hydrogen) atoms. The van der Waals surface area contributed by atoms with E-state index in [2.05, 4.69) is 5.32 Å². The minimum Gasteiger partial charge on any atom is -0.390 e. The van der Waals surface area contributed by atoms with Crippen molar-refractivity contribution in [1.82, 2.24) is 0 Å². The number of anilines is 1. The molecule has 0 aliphatic heterocycles. The van der Waals surface area contributed by atoms with Gasteiger partial charge in [0.25, 0.3) is 0 Å². The lowest BCUT2D eigenvalue weighted by molar-refractivity contribution is 0.211. The van der Waals surface area contributed by atoms with E-state index in [1.54, 1.807) is 0 Å². The van der Waals surface area contributed by atoms with Gasteiger partial charge in [0, 0.05) is 12.2 Å². The van der Waals surface area contributed by atoms with Gasteiger partial charge in [-0.2, -0.15) is 0 Å². The topological polar surface area (TPSA) is 32.3 Å². The predicted octanol–water partition coefficient (Wildman–Crippen LogP) is 2.32. The first kappa shape index (κ1) is 11.3. The highest BCUT2D eigenvalue weighted by Crippen LogP contribution is 2.19. The fourth-order valence-electron chi connectivity index (χ4n) is 1.37. The van der Waals surface area contributed by atoms with Crippen LogP contribution in [0.3, 0.4) is 0 Å². The zero-order valence-corrected chi connectivity index (χ0v) is 9.30. The Balaban J connectivity index is 2.66. The summed E-state index contributed by atoms with van der Waals surface area (Å²) in [5, 5.41) is 12.5. The monoisotopic (exact) mass is 213 g/mol. The highest BCUT2D eigenvalue weighted by Gasteiger charge is 2.04. The standard InChI is InChI=1S/C11H16ClNO/c1-8-4-3-5-9(2)11(8)13-7-10(14)6-12/h3-5,10,13-14H,6-7H2,1-2H3. The van der Waals surface area contributed by atoms with Gasteiger partial charge < -0.3 is 10.4 Å². The third-order valence-corrected chi connectivity index (χ3v) is 2.53. The SMILES string of the molecule is Cc1cccc(C)c1NCC(O)CCl. The first-order chi connectivity index (χ1) is 6.65. The van der Waals surface area contributed by atoms with Crippen molar-refractivity contribution in [1.29, 1.82) is 0 Å². The summed E-state index contributed by atoms with van der Waals surface area (Å²) >= 11 is 5.51. The van der Waals surface area contributed by atoms with E-state index < -0.39 is 6.10 Å². The number of hydrogen-bond acceptors (Lipinski definition) is 2. The molecule has 0 fully saturated rings. The highest BCUT2D eigenvalue weighted by molar-refractivity contribution is 6.18. The average Bonchev–Trinajstić information content (AvgIpc) is 2.16. The summed E-state index contributed by atoms with van der Waals surface area (Å²) in [6, 6.07) is 6.11. The molecule has 0 saturated carbocycles. The van der Waals surface area contributed by atoms with Gasteiger partial charge in [-0.15, -0.1) is 11.6 Å². The van der Waals surface area contributed by atoms with E-state index in [9.17, 15) is 5.11 Å². The van der Waals surface area contributed by atoms with Crippen LogP contribution in [-0.2, 0) is 0 Å². The normalized spacial score (nSPS) is 12.6. The zero-order valence-electron chi connectivity index (χ0n) is 8.55. The number of aryl methyl sites for hydroxylation is 2. The molecule has 0 aliphatic rings. The number of nitrogens with one attached hydrogen (secondary N) is 1. The van der Waals surface area contributed by atoms with Crippen molar-refractivity contribution in [2.24, 2.45) is 0 Å². The van der Waals surface area contributed by atoms with Crippen LogP contribution in [0.25, 0.3) is 0 Å². The quantitative estimate of drug-likeness (QED) is 0.753. The van der Waals surface area contributed by atoms with Crippen LogP contribution in [0, 0.1) is 13.8 Å². The van der Waals surface area contributed by atoms with Crippen molar-refractivity contribution >= 4 is 17.3 Å². The molecular formula is C11H16ClNO. The Labute approximate surface area is 89.9 Å². The minimum absolute atomic E-state index is 0.262. The molecule has 1 atom stereocenters. The molecule has 0 spiro atoms. The molecule has 0 aliphatic carbocycles. The molecule has 2 N–H and O–H groups in total. The van der Waals surface area contributed by atoms with E-state index >= 15 is 0 Å². The second-order valence-corrected chi connectivity index (χ2v) is 3.76. The van der Waals surface area contributed by atoms with Gasteiger partial charge >= 0.3 is 0 Å². The Morgan fingerprint density at radius 2 is 1.93 bits per heavy atom. The summed E-state index contributed by atoms with van der Waals surface area (Å²) in [5.41, 5.74) is 3.47. The van der Waals surface area contributed by atoms with Crippen LogP contribution in [0.15, 0.2) is 18.2 Å². The van der Waals surface area contributed by atoms with E-state index in [0.717, 1.165) is 5.69 Å². The lowest BCUT2D eigenvalue weighted by atomic mass is 10.1. The molecule has 0 amide bonds. The van der Waals surface area contributed by atoms with Gasteiger partial charge in [-0.25, -0.2) is 0 Å². The van der Waals surface area contributed by atoms with Crippen LogP contribution in [0.1, 0.15) is 11.1 Å². The molecule has 1 rings (SSSR count). The van der Waals surface area contributed by atoms with Gasteiger partial charge in [0.1, 0.15) is 0 Å². The molecule has 1 unspecified atom stereocenters. The van der Waals surface area contributed by atoms with Crippen molar-refractivity contribution in [3.63, 3.8) is 0 Å². The zero-order chi connectivity index (χ0) is 10.6. The first-order valence-electron chi connectivity index (χ1n) is 4.69. The molecule has 1 aromatic rings. The minimum atomic E-state index is -0.490. The van der Waals surface area contributed by atoms with Crippen LogP contribution in [0.5, 0.6) is 0 Å². The van der Waals surface area contributed by atoms with Gasteiger partial charge in [-0.05, 0) is 25.0 Å². The maximum absolute atomic E-state index is 9.31. The fraction of sp³-hybridized carbons (Fsp3) is 0.455. The average molecular weight is 214 g/mol. The number of benzene rings is 1. The van der Waals surface area contributed by atoms with E-state index in [0.29, 0.717) is 6.54 Å². The first-order valence-corrected chi connectivity index (χ1v) is 5.22. The molecule has 0 aromatic heterocycles. The Morgan fingerprint density at radius 1 is 1.36 bits per heavy atom. The highest BCUT2D eigenvalue weighted by atomic mass is 35.5. The lowest BCUT2D eigenvalue weighted by Gasteiger charge is -2.14. The third kappa shape index (κ3) is 2.89. The van der Waals surface area contributed by atoms with E-state index in [1.165, 1.54) is 11.1 Å². The molecule has 0 radical (unpaired) electrons. The van der Waals surface area contributed by atoms with Crippen LogP contribution in [0.4, 0.5) is 5.69 Å². The van der Waals surface area contributed by atoms with Crippen molar-refractivity contribution in [2.45, 2.75) is 20.0 Å². The second kappa shape index (κ2) is 5.23. The van der Waals surface area contributed by atoms with Crippen LogP contribution in [-0.4, -0.2) is 23.6 Å². The van der Waals surface area contributed by atoms with Crippen LogP contribution < -0.4 is 5.32 Å². The van der Waals surface area contributed by atoms with Gasteiger partial charge in [-0.3, -0.25) is 0 Å². The summed E-state index contributed by atoms with van der Waals surface area (Å²) < 4.78 is 0. The number of alkyl halides is 1. The summed E-state index contributed by atoms with van der Waals surface area (Å²) in [7, 11) is 0. The second-order valence-electron chi connectivity index (χ2n) is 3.46. The molecule has 1 aromatic carbocycles. The van der Waals surface area contributed by atoms with E-state index in [-0.39, 0.29) is 5.88 Å². The molecule has 3 heteroatoms. The third-order valence-electron chi connectivity index (χ3n) is 2.17. The number of hydrogen-bond donors (Lipinski definition) is 2. The fourth-order valence-corrected chi connectivity index (χ4v) is 1.48. The van der Waals surface area contributed by atoms with Gasteiger partial charge in [0.2, 0.25) is 0 Å². The predicted molar refractivity (Wildman–Crippen MR) is 61.1 cm³/mol. The summed E-state index contributed by atoms with van der Waals surface area (Å²) in [5.74, 6) is 0.262. The number of aliphatic hydroxyl groups is 1. The maximum atomic E-state index is 9.31. The van der Waals surface area contributed by atoms with Crippen molar-refractivity contribution in [3.05, 3.63) is 29.3 Å². The number of para-hydroxylation sites is 1. The molecular weight excluding hydrogens is 198 g/mol. The number of aliphatic hydroxyl groups excluding tert-OH is 1. The number of rotatable bonds is 4. The Bertz CT molecular complexity index is 281. The van der Waals surface area contributed by atoms with Crippen molar-refractivity contribution in [3.8, 4) is 0 Å². The van der Waals surface area contributed by atoms with E-state index in [4.69, 9.17) is 11.6 Å².